The Balaban J connectivity index is 1.92. The highest BCUT2D eigenvalue weighted by Crippen LogP contribution is 2.46. The Hall–Kier alpha value is -1.33. The molecule has 3 rings (SSSR count). The summed E-state index contributed by atoms with van der Waals surface area (Å²) in [6.45, 7) is 0. The van der Waals surface area contributed by atoms with Crippen LogP contribution in [0.1, 0.15) is 17.5 Å². The van der Waals surface area contributed by atoms with Crippen LogP contribution in [0, 0.1) is 11.3 Å². The lowest BCUT2D eigenvalue weighted by atomic mass is 9.82. The lowest BCUT2D eigenvalue weighted by Gasteiger charge is -2.21. The first kappa shape index (κ1) is 8.02. The standard InChI is InChI=1S/C12H11NO/c13-8-11-12(14-11)6-5-9-3-1-2-4-10(9)7-12/h1-4,11H,5-7H2. The van der Waals surface area contributed by atoms with Crippen molar-refractivity contribution in [3.8, 4) is 6.07 Å². The summed E-state index contributed by atoms with van der Waals surface area (Å²) in [4.78, 5) is 0. The molecule has 0 amide bonds. The molecule has 2 nitrogen and oxygen atoms in total. The zero-order valence-corrected chi connectivity index (χ0v) is 7.86. The smallest absolute Gasteiger partial charge is 0.174 e. The Labute approximate surface area is 83.1 Å². The summed E-state index contributed by atoms with van der Waals surface area (Å²) in [5.41, 5.74) is 2.66. The number of epoxide rings is 1. The summed E-state index contributed by atoms with van der Waals surface area (Å²) >= 11 is 0. The fraction of sp³-hybridized carbons (Fsp3) is 0.417. The molecule has 1 spiro atoms. The van der Waals surface area contributed by atoms with E-state index >= 15 is 0 Å². The largest absolute Gasteiger partial charge is 0.350 e. The zero-order valence-electron chi connectivity index (χ0n) is 7.86. The first-order valence-corrected chi connectivity index (χ1v) is 4.98. The van der Waals surface area contributed by atoms with Crippen molar-refractivity contribution < 1.29 is 4.74 Å². The maximum Gasteiger partial charge on any atom is 0.174 e. The van der Waals surface area contributed by atoms with Crippen LogP contribution in [0.2, 0.25) is 0 Å². The second-order valence-electron chi connectivity index (χ2n) is 4.14. The van der Waals surface area contributed by atoms with E-state index in [1.165, 1.54) is 11.1 Å². The van der Waals surface area contributed by atoms with E-state index in [1.54, 1.807) is 0 Å². The average Bonchev–Trinajstić information content (AvgIpc) is 2.91. The lowest BCUT2D eigenvalue weighted by Crippen LogP contribution is -2.24. The maximum absolute atomic E-state index is 8.80. The number of ether oxygens (including phenoxy) is 1. The van der Waals surface area contributed by atoms with E-state index in [-0.39, 0.29) is 11.7 Å². The van der Waals surface area contributed by atoms with E-state index in [1.807, 2.05) is 0 Å². The highest BCUT2D eigenvalue weighted by molar-refractivity contribution is 5.35. The Bertz CT molecular complexity index is 421. The molecule has 1 fully saturated rings. The maximum atomic E-state index is 8.80. The quantitative estimate of drug-likeness (QED) is 0.578. The summed E-state index contributed by atoms with van der Waals surface area (Å²) in [5.74, 6) is 0. The molecule has 70 valence electrons. The number of rotatable bonds is 0. The molecule has 2 heteroatoms. The minimum atomic E-state index is -0.157. The van der Waals surface area contributed by atoms with Gasteiger partial charge in [0.2, 0.25) is 0 Å². The van der Waals surface area contributed by atoms with Crippen LogP contribution in [0.3, 0.4) is 0 Å². The van der Waals surface area contributed by atoms with Gasteiger partial charge in [-0.05, 0) is 24.0 Å². The van der Waals surface area contributed by atoms with Gasteiger partial charge in [0.05, 0.1) is 6.07 Å². The Morgan fingerprint density at radius 1 is 1.36 bits per heavy atom. The number of benzene rings is 1. The van der Waals surface area contributed by atoms with Gasteiger partial charge in [-0.15, -0.1) is 0 Å². The average molecular weight is 185 g/mol. The molecule has 0 aromatic heterocycles. The molecule has 2 aliphatic rings. The molecule has 2 unspecified atom stereocenters. The van der Waals surface area contributed by atoms with Crippen molar-refractivity contribution in [3.05, 3.63) is 35.4 Å². The summed E-state index contributed by atoms with van der Waals surface area (Å²) in [6, 6.07) is 10.7. The number of fused-ring (bicyclic) bond motifs is 1. The minimum absolute atomic E-state index is 0.122. The number of hydrogen-bond donors (Lipinski definition) is 0. The highest BCUT2D eigenvalue weighted by Gasteiger charge is 2.57. The van der Waals surface area contributed by atoms with Crippen LogP contribution >= 0.6 is 0 Å². The van der Waals surface area contributed by atoms with E-state index in [0.29, 0.717) is 0 Å². The minimum Gasteiger partial charge on any atom is -0.350 e. The number of nitrogens with zero attached hydrogens (tertiary/aromatic N) is 1. The third kappa shape index (κ3) is 0.995. The van der Waals surface area contributed by atoms with Gasteiger partial charge < -0.3 is 4.74 Å². The van der Waals surface area contributed by atoms with Gasteiger partial charge in [0, 0.05) is 6.42 Å². The Morgan fingerprint density at radius 2 is 2.14 bits per heavy atom. The van der Waals surface area contributed by atoms with Crippen molar-refractivity contribution in [3.63, 3.8) is 0 Å². The van der Waals surface area contributed by atoms with Crippen molar-refractivity contribution >= 4 is 0 Å². The Morgan fingerprint density at radius 3 is 2.86 bits per heavy atom. The topological polar surface area (TPSA) is 36.3 Å². The van der Waals surface area contributed by atoms with Crippen molar-refractivity contribution in [1.82, 2.24) is 0 Å². The molecular weight excluding hydrogens is 174 g/mol. The van der Waals surface area contributed by atoms with Gasteiger partial charge in [-0.1, -0.05) is 24.3 Å². The second-order valence-corrected chi connectivity index (χ2v) is 4.14. The van der Waals surface area contributed by atoms with Crippen LogP contribution < -0.4 is 0 Å². The van der Waals surface area contributed by atoms with E-state index < -0.39 is 0 Å². The molecular formula is C12H11NO. The molecule has 0 saturated carbocycles. The van der Waals surface area contributed by atoms with Gasteiger partial charge in [-0.25, -0.2) is 0 Å². The zero-order chi connectivity index (χ0) is 9.60. The fourth-order valence-corrected chi connectivity index (χ4v) is 2.40. The molecule has 1 saturated heterocycles. The monoisotopic (exact) mass is 185 g/mol. The number of hydrogen-bond acceptors (Lipinski definition) is 2. The lowest BCUT2D eigenvalue weighted by molar-refractivity contribution is 0.274. The first-order chi connectivity index (χ1) is 6.84. The van der Waals surface area contributed by atoms with Crippen LogP contribution in [-0.4, -0.2) is 11.7 Å². The van der Waals surface area contributed by atoms with Gasteiger partial charge in [-0.3, -0.25) is 0 Å². The molecule has 1 aliphatic heterocycles. The van der Waals surface area contributed by atoms with Crippen molar-refractivity contribution in [2.75, 3.05) is 0 Å². The summed E-state index contributed by atoms with van der Waals surface area (Å²) in [5, 5.41) is 8.80. The van der Waals surface area contributed by atoms with Crippen LogP contribution in [0.15, 0.2) is 24.3 Å². The van der Waals surface area contributed by atoms with Gasteiger partial charge in [-0.2, -0.15) is 5.26 Å². The van der Waals surface area contributed by atoms with Gasteiger partial charge in [0.25, 0.3) is 0 Å². The van der Waals surface area contributed by atoms with Crippen LogP contribution in [0.5, 0.6) is 0 Å². The predicted octanol–water partition coefficient (Wildman–Crippen LogP) is 1.84. The molecule has 1 heterocycles. The van der Waals surface area contributed by atoms with E-state index in [2.05, 4.69) is 30.3 Å². The third-order valence-corrected chi connectivity index (χ3v) is 3.32. The summed E-state index contributed by atoms with van der Waals surface area (Å²) < 4.78 is 5.49. The molecule has 0 N–H and O–H groups in total. The van der Waals surface area contributed by atoms with Gasteiger partial charge in [0.15, 0.2) is 6.10 Å². The van der Waals surface area contributed by atoms with Crippen molar-refractivity contribution in [2.24, 2.45) is 0 Å². The molecule has 1 aliphatic carbocycles. The van der Waals surface area contributed by atoms with Crippen LogP contribution in [0.25, 0.3) is 0 Å². The van der Waals surface area contributed by atoms with E-state index in [9.17, 15) is 0 Å². The van der Waals surface area contributed by atoms with Gasteiger partial charge in [0.1, 0.15) is 5.60 Å². The number of aryl methyl sites for hydroxylation is 1. The molecule has 2 atom stereocenters. The summed E-state index contributed by atoms with van der Waals surface area (Å²) in [6.07, 6.45) is 2.81. The van der Waals surface area contributed by atoms with E-state index in [0.717, 1.165) is 19.3 Å². The van der Waals surface area contributed by atoms with Crippen molar-refractivity contribution in [1.29, 1.82) is 5.26 Å². The second kappa shape index (κ2) is 2.59. The SMILES string of the molecule is N#CC1OC12CCc1ccccc1C2. The molecule has 1 aromatic rings. The normalized spacial score (nSPS) is 33.5. The Kier molecular flexibility index (Phi) is 1.48. The van der Waals surface area contributed by atoms with Crippen LogP contribution in [-0.2, 0) is 17.6 Å². The highest BCUT2D eigenvalue weighted by atomic mass is 16.6. The van der Waals surface area contributed by atoms with E-state index in [4.69, 9.17) is 10.00 Å². The fourth-order valence-electron chi connectivity index (χ4n) is 2.40. The number of nitriles is 1. The predicted molar refractivity (Wildman–Crippen MR) is 51.7 cm³/mol. The van der Waals surface area contributed by atoms with Crippen LogP contribution in [0.4, 0.5) is 0 Å². The van der Waals surface area contributed by atoms with Gasteiger partial charge >= 0.3 is 0 Å². The van der Waals surface area contributed by atoms with Crippen molar-refractivity contribution in [2.45, 2.75) is 31.0 Å². The molecule has 0 radical (unpaired) electrons. The third-order valence-electron chi connectivity index (χ3n) is 3.32. The molecule has 14 heavy (non-hydrogen) atoms. The molecule has 1 aromatic carbocycles. The summed E-state index contributed by atoms with van der Waals surface area (Å²) in [7, 11) is 0. The molecule has 0 bridgehead atoms. The first-order valence-electron chi connectivity index (χ1n) is 4.98.